The normalized spacial score (nSPS) is 16.2. The number of aromatic carboxylic acids is 1. The highest BCUT2D eigenvalue weighted by molar-refractivity contribution is 6.01. The fourth-order valence-corrected chi connectivity index (χ4v) is 4.83. The van der Waals surface area contributed by atoms with Gasteiger partial charge in [-0.05, 0) is 91.9 Å². The number of nitrogens with zero attached hydrogens (tertiary/aromatic N) is 1. The molecule has 1 aliphatic carbocycles. The number of ether oxygens (including phenoxy) is 2. The number of pyridine rings is 1. The third-order valence-corrected chi connectivity index (χ3v) is 6.99. The molecule has 0 radical (unpaired) electrons. The first kappa shape index (κ1) is 28.4. The maximum Gasteiger partial charge on any atom is 0.337 e. The zero-order valence-electron chi connectivity index (χ0n) is 22.9. The lowest BCUT2D eigenvalue weighted by atomic mass is 9.93. The second-order valence-corrected chi connectivity index (χ2v) is 10.1. The molecular weight excluding hydrogens is 534 g/mol. The number of hydrogen-bond donors (Lipinski definition) is 3. The molecule has 0 spiro atoms. The van der Waals surface area contributed by atoms with Crippen LogP contribution in [0.25, 0.3) is 0 Å². The number of aromatic nitrogens is 1. The van der Waals surface area contributed by atoms with Crippen molar-refractivity contribution >= 4 is 23.5 Å². The molecule has 1 aliphatic rings. The Morgan fingerprint density at radius 3 is 2.10 bits per heavy atom. The molecule has 1 saturated carbocycles. The van der Waals surface area contributed by atoms with Gasteiger partial charge in [-0.25, -0.2) is 4.79 Å². The van der Waals surface area contributed by atoms with Gasteiger partial charge < -0.3 is 25.2 Å². The summed E-state index contributed by atoms with van der Waals surface area (Å²) in [5.41, 5.74) is 1.50. The number of hydrogen-bond acceptors (Lipinski definition) is 6. The Labute approximate surface area is 243 Å². The quantitative estimate of drug-likeness (QED) is 0.219. The molecule has 1 aromatic heterocycles. The lowest BCUT2D eigenvalue weighted by Gasteiger charge is -2.29. The highest BCUT2D eigenvalue weighted by Gasteiger charge is 2.24. The molecule has 0 aliphatic heterocycles. The summed E-state index contributed by atoms with van der Waals surface area (Å²) in [6, 6.07) is 26.3. The van der Waals surface area contributed by atoms with Crippen molar-refractivity contribution in [3.05, 3.63) is 114 Å². The van der Waals surface area contributed by atoms with Gasteiger partial charge in [0.25, 0.3) is 5.91 Å². The lowest BCUT2D eigenvalue weighted by Crippen LogP contribution is -2.40. The highest BCUT2D eigenvalue weighted by atomic mass is 16.5. The number of para-hydroxylation sites is 1. The van der Waals surface area contributed by atoms with Gasteiger partial charge >= 0.3 is 5.97 Å². The maximum atomic E-state index is 12.5. The van der Waals surface area contributed by atoms with Gasteiger partial charge in [-0.1, -0.05) is 30.3 Å². The van der Waals surface area contributed by atoms with E-state index in [-0.39, 0.29) is 41.6 Å². The molecule has 1 fully saturated rings. The van der Waals surface area contributed by atoms with Gasteiger partial charge in [-0.15, -0.1) is 0 Å². The number of amides is 2. The molecule has 3 N–H and O–H groups in total. The Balaban J connectivity index is 1.06. The number of nitrogens with one attached hydrogen (secondary N) is 2. The number of benzene rings is 3. The smallest absolute Gasteiger partial charge is 0.337 e. The van der Waals surface area contributed by atoms with Crippen LogP contribution in [0.3, 0.4) is 0 Å². The third kappa shape index (κ3) is 7.72. The van der Waals surface area contributed by atoms with Crippen LogP contribution in [0.4, 0.5) is 5.69 Å². The van der Waals surface area contributed by atoms with Crippen LogP contribution >= 0.6 is 0 Å². The zero-order valence-corrected chi connectivity index (χ0v) is 22.9. The Bertz CT molecular complexity index is 1520. The van der Waals surface area contributed by atoms with Crippen molar-refractivity contribution in [2.45, 2.75) is 44.2 Å². The number of carbonyl (C=O) groups excluding carboxylic acids is 2. The minimum absolute atomic E-state index is 0.0425. The van der Waals surface area contributed by atoms with E-state index < -0.39 is 5.97 Å². The fraction of sp³-hybridized carbons (Fsp3) is 0.212. The van der Waals surface area contributed by atoms with E-state index in [2.05, 4.69) is 15.6 Å². The first-order chi connectivity index (χ1) is 20.4. The standard InChI is InChI=1S/C33H31N3O6/c37-31(36-29-6-2-1-5-28(29)33(39)40)21-22-8-12-24(13-9-22)41-26-16-18-27(19-17-26)42-25-14-10-23(11-15-25)35-32(38)30-7-3-4-20-34-30/h1-9,12-13,16-20,23,25H,10-11,14-15,21H2,(H,35,38)(H,36,37)(H,39,40)/t23-,25+. The molecule has 0 saturated heterocycles. The minimum atomic E-state index is -1.10. The number of carbonyl (C=O) groups is 3. The Kier molecular flexibility index (Phi) is 9.08. The number of rotatable bonds is 10. The Morgan fingerprint density at radius 1 is 0.786 bits per heavy atom. The molecule has 0 bridgehead atoms. The molecule has 0 atom stereocenters. The van der Waals surface area contributed by atoms with Gasteiger partial charge in [0.1, 0.15) is 22.9 Å². The summed E-state index contributed by atoms with van der Waals surface area (Å²) in [6.45, 7) is 0. The first-order valence-corrected chi connectivity index (χ1v) is 13.8. The number of carboxylic acids is 1. The summed E-state index contributed by atoms with van der Waals surface area (Å²) >= 11 is 0. The van der Waals surface area contributed by atoms with E-state index in [4.69, 9.17) is 9.47 Å². The Morgan fingerprint density at radius 2 is 1.43 bits per heavy atom. The van der Waals surface area contributed by atoms with Crippen molar-refractivity contribution in [3.8, 4) is 17.2 Å². The van der Waals surface area contributed by atoms with Gasteiger partial charge in [0.2, 0.25) is 5.91 Å². The molecular formula is C33H31N3O6. The number of anilines is 1. The van der Waals surface area contributed by atoms with Crippen LogP contribution in [-0.4, -0.2) is 40.0 Å². The van der Waals surface area contributed by atoms with Crippen LogP contribution in [0.5, 0.6) is 17.2 Å². The van der Waals surface area contributed by atoms with Crippen LogP contribution < -0.4 is 20.1 Å². The monoisotopic (exact) mass is 565 g/mol. The first-order valence-electron chi connectivity index (χ1n) is 13.8. The summed E-state index contributed by atoms with van der Waals surface area (Å²) in [5, 5.41) is 15.0. The SMILES string of the molecule is O=C(Cc1ccc(Oc2ccc(O[C@H]3CC[C@@H](NC(=O)c4ccccn4)CC3)cc2)cc1)Nc1ccccc1C(=O)O. The Hall–Kier alpha value is -5.18. The average molecular weight is 566 g/mol. The molecule has 9 heteroatoms. The van der Waals surface area contributed by atoms with Crippen LogP contribution in [0.1, 0.15) is 52.1 Å². The predicted molar refractivity (Wildman–Crippen MR) is 157 cm³/mol. The van der Waals surface area contributed by atoms with Gasteiger partial charge in [0, 0.05) is 12.2 Å². The predicted octanol–water partition coefficient (Wildman–Crippen LogP) is 5.87. The van der Waals surface area contributed by atoms with Crippen molar-refractivity contribution < 1.29 is 29.0 Å². The molecule has 1 heterocycles. The van der Waals surface area contributed by atoms with E-state index in [1.165, 1.54) is 6.07 Å². The van der Waals surface area contributed by atoms with Crippen molar-refractivity contribution in [3.63, 3.8) is 0 Å². The molecule has 4 aromatic rings. The van der Waals surface area contributed by atoms with E-state index in [1.807, 2.05) is 24.3 Å². The van der Waals surface area contributed by atoms with Gasteiger partial charge in [0.15, 0.2) is 0 Å². The van der Waals surface area contributed by atoms with Crippen molar-refractivity contribution in [1.82, 2.24) is 10.3 Å². The zero-order chi connectivity index (χ0) is 29.3. The molecule has 3 aromatic carbocycles. The minimum Gasteiger partial charge on any atom is -0.490 e. The topological polar surface area (TPSA) is 127 Å². The summed E-state index contributed by atoms with van der Waals surface area (Å²) < 4.78 is 12.1. The number of carboxylic acid groups (broad SMARTS) is 1. The fourth-order valence-electron chi connectivity index (χ4n) is 4.83. The summed E-state index contributed by atoms with van der Waals surface area (Å²) in [7, 11) is 0. The molecule has 42 heavy (non-hydrogen) atoms. The lowest BCUT2D eigenvalue weighted by molar-refractivity contribution is -0.115. The average Bonchev–Trinajstić information content (AvgIpc) is 3.00. The van der Waals surface area contributed by atoms with E-state index in [0.29, 0.717) is 17.2 Å². The summed E-state index contributed by atoms with van der Waals surface area (Å²) in [6.07, 6.45) is 5.18. The second-order valence-electron chi connectivity index (χ2n) is 10.1. The molecule has 2 amide bonds. The van der Waals surface area contributed by atoms with Crippen molar-refractivity contribution in [2.24, 2.45) is 0 Å². The van der Waals surface area contributed by atoms with Crippen molar-refractivity contribution in [1.29, 1.82) is 0 Å². The van der Waals surface area contributed by atoms with Crippen molar-refractivity contribution in [2.75, 3.05) is 5.32 Å². The molecule has 9 nitrogen and oxygen atoms in total. The largest absolute Gasteiger partial charge is 0.490 e. The van der Waals surface area contributed by atoms with Crippen LogP contribution in [-0.2, 0) is 11.2 Å². The van der Waals surface area contributed by atoms with E-state index in [9.17, 15) is 19.5 Å². The van der Waals surface area contributed by atoms with Gasteiger partial charge in [-0.3, -0.25) is 14.6 Å². The maximum absolute atomic E-state index is 12.5. The van der Waals surface area contributed by atoms with Gasteiger partial charge in [-0.2, -0.15) is 0 Å². The van der Waals surface area contributed by atoms with E-state index >= 15 is 0 Å². The van der Waals surface area contributed by atoms with Crippen LogP contribution in [0.2, 0.25) is 0 Å². The molecule has 0 unspecified atom stereocenters. The highest BCUT2D eigenvalue weighted by Crippen LogP contribution is 2.28. The third-order valence-electron chi connectivity index (χ3n) is 6.99. The second kappa shape index (κ2) is 13.5. The molecule has 214 valence electrons. The van der Waals surface area contributed by atoms with Crippen LogP contribution in [0.15, 0.2) is 97.2 Å². The summed E-state index contributed by atoms with van der Waals surface area (Å²) in [5.74, 6) is 0.479. The summed E-state index contributed by atoms with van der Waals surface area (Å²) in [4.78, 5) is 40.3. The van der Waals surface area contributed by atoms with E-state index in [0.717, 1.165) is 37.0 Å². The van der Waals surface area contributed by atoms with Crippen LogP contribution in [0, 0.1) is 0 Å². The molecule has 5 rings (SSSR count). The van der Waals surface area contributed by atoms with Gasteiger partial charge in [0.05, 0.1) is 23.8 Å². The van der Waals surface area contributed by atoms with E-state index in [1.54, 1.807) is 66.9 Å².